The van der Waals surface area contributed by atoms with Crippen LogP contribution in [0.15, 0.2) is 43.0 Å². The summed E-state index contributed by atoms with van der Waals surface area (Å²) < 4.78 is 0. The lowest BCUT2D eigenvalue weighted by atomic mass is 9.73. The summed E-state index contributed by atoms with van der Waals surface area (Å²) in [7, 11) is 0. The lowest BCUT2D eigenvalue weighted by Crippen LogP contribution is -2.54. The Morgan fingerprint density at radius 1 is 1.16 bits per heavy atom. The van der Waals surface area contributed by atoms with Crippen molar-refractivity contribution in [3.8, 4) is 11.1 Å². The minimum absolute atomic E-state index is 0.0300. The number of hydrogen-bond donors (Lipinski definition) is 1. The molecule has 2 aromatic rings. The van der Waals surface area contributed by atoms with Crippen LogP contribution in [-0.4, -0.2) is 46.3 Å². The van der Waals surface area contributed by atoms with Gasteiger partial charge in [0.05, 0.1) is 5.41 Å². The van der Waals surface area contributed by atoms with Crippen LogP contribution in [-0.2, 0) is 16.0 Å². The molecule has 1 aromatic carbocycles. The first kappa shape index (κ1) is 22.9. The predicted octanol–water partition coefficient (Wildman–Crippen LogP) is 3.87. The van der Waals surface area contributed by atoms with Crippen molar-refractivity contribution in [2.24, 2.45) is 10.8 Å². The van der Waals surface area contributed by atoms with Gasteiger partial charge in [0.25, 0.3) is 0 Å². The van der Waals surface area contributed by atoms with Crippen LogP contribution in [0.5, 0.6) is 0 Å². The van der Waals surface area contributed by atoms with E-state index < -0.39 is 5.41 Å². The first-order valence-corrected chi connectivity index (χ1v) is 11.1. The number of likely N-dealkylation sites (tertiary alicyclic amines) is 1. The molecule has 6 nitrogen and oxygen atoms in total. The minimum atomic E-state index is -0.645. The van der Waals surface area contributed by atoms with E-state index in [0.29, 0.717) is 32.5 Å². The Kier molecular flexibility index (Phi) is 7.08. The first-order chi connectivity index (χ1) is 14.7. The second kappa shape index (κ2) is 9.58. The van der Waals surface area contributed by atoms with Crippen molar-refractivity contribution in [2.75, 3.05) is 19.6 Å². The third-order valence-electron chi connectivity index (χ3n) is 5.85. The highest BCUT2D eigenvalue weighted by Gasteiger charge is 2.44. The van der Waals surface area contributed by atoms with Crippen molar-refractivity contribution in [1.82, 2.24) is 20.2 Å². The molecule has 6 heteroatoms. The number of hydrogen-bond acceptors (Lipinski definition) is 4. The number of piperidine rings is 1. The molecule has 2 amide bonds. The van der Waals surface area contributed by atoms with E-state index in [1.54, 1.807) is 12.4 Å². The lowest BCUT2D eigenvalue weighted by Gasteiger charge is -2.42. The average Bonchev–Trinajstić information content (AvgIpc) is 2.74. The molecule has 0 unspecified atom stereocenters. The number of aromatic nitrogens is 2. The molecule has 0 saturated carbocycles. The van der Waals surface area contributed by atoms with Gasteiger partial charge in [-0.15, -0.1) is 0 Å². The van der Waals surface area contributed by atoms with Gasteiger partial charge in [-0.3, -0.25) is 9.59 Å². The maximum absolute atomic E-state index is 13.4. The second-order valence-electron chi connectivity index (χ2n) is 9.76. The van der Waals surface area contributed by atoms with E-state index in [0.717, 1.165) is 29.5 Å². The molecule has 1 N–H and O–H groups in total. The average molecular weight is 423 g/mol. The molecule has 1 aromatic heterocycles. The maximum atomic E-state index is 13.4. The van der Waals surface area contributed by atoms with E-state index in [4.69, 9.17) is 0 Å². The number of benzene rings is 1. The number of carbonyl (C=O) groups excluding carboxylic acids is 2. The van der Waals surface area contributed by atoms with E-state index >= 15 is 0 Å². The Bertz CT molecular complexity index is 907. The Hall–Kier alpha value is -2.76. The molecule has 3 rings (SSSR count). The summed E-state index contributed by atoms with van der Waals surface area (Å²) in [4.78, 5) is 36.6. The van der Waals surface area contributed by atoms with Crippen LogP contribution in [0.3, 0.4) is 0 Å². The van der Waals surface area contributed by atoms with E-state index in [2.05, 4.69) is 42.1 Å². The zero-order chi connectivity index (χ0) is 22.5. The van der Waals surface area contributed by atoms with Crippen LogP contribution >= 0.6 is 0 Å². The van der Waals surface area contributed by atoms with Crippen LogP contribution in [0.25, 0.3) is 11.1 Å². The molecule has 1 aliphatic rings. The van der Waals surface area contributed by atoms with E-state index in [-0.39, 0.29) is 17.2 Å². The van der Waals surface area contributed by atoms with Crippen molar-refractivity contribution in [3.05, 3.63) is 48.5 Å². The summed E-state index contributed by atoms with van der Waals surface area (Å²) in [5.41, 5.74) is 2.32. The summed E-state index contributed by atoms with van der Waals surface area (Å²) >= 11 is 0. The summed E-state index contributed by atoms with van der Waals surface area (Å²) in [5.74, 6) is 0.160. The molecular formula is C25H34N4O2. The highest BCUT2D eigenvalue weighted by Crippen LogP contribution is 2.37. The summed E-state index contributed by atoms with van der Waals surface area (Å²) in [6, 6.07) is 8.11. The Morgan fingerprint density at radius 3 is 2.55 bits per heavy atom. The highest BCUT2D eigenvalue weighted by atomic mass is 16.2. The fraction of sp³-hybridized carbons (Fsp3) is 0.520. The molecule has 0 bridgehead atoms. The predicted molar refractivity (Wildman–Crippen MR) is 122 cm³/mol. The third-order valence-corrected chi connectivity index (χ3v) is 5.85. The molecule has 0 aliphatic carbocycles. The van der Waals surface area contributed by atoms with E-state index in [1.807, 2.05) is 30.0 Å². The van der Waals surface area contributed by atoms with Crippen LogP contribution in [0.1, 0.15) is 52.5 Å². The van der Waals surface area contributed by atoms with Crippen molar-refractivity contribution >= 4 is 11.8 Å². The fourth-order valence-electron chi connectivity index (χ4n) is 4.43. The molecule has 1 atom stereocenters. The standard InChI is InChI=1S/C25H34N4O2/c1-5-28-23(31)25(11-8-12-29(17-25)22(30)14-24(2,3)4)13-19-9-6-7-10-21(19)20-15-26-18-27-16-20/h6-7,9-10,15-16,18H,5,8,11-14,17H2,1-4H3,(H,28,31)/t25-/m0/s1. The zero-order valence-corrected chi connectivity index (χ0v) is 19.1. The van der Waals surface area contributed by atoms with Gasteiger partial charge < -0.3 is 10.2 Å². The third kappa shape index (κ3) is 5.69. The second-order valence-corrected chi connectivity index (χ2v) is 9.76. The number of nitrogens with one attached hydrogen (secondary N) is 1. The van der Waals surface area contributed by atoms with Crippen molar-refractivity contribution in [1.29, 1.82) is 0 Å². The molecule has 1 fully saturated rings. The van der Waals surface area contributed by atoms with Gasteiger partial charge in [-0.2, -0.15) is 0 Å². The monoisotopic (exact) mass is 422 g/mol. The van der Waals surface area contributed by atoms with Crippen LogP contribution < -0.4 is 5.32 Å². The summed E-state index contributed by atoms with van der Waals surface area (Å²) in [5, 5.41) is 3.04. The molecule has 0 radical (unpaired) electrons. The molecule has 31 heavy (non-hydrogen) atoms. The first-order valence-electron chi connectivity index (χ1n) is 11.1. The topological polar surface area (TPSA) is 75.2 Å². The van der Waals surface area contributed by atoms with Crippen molar-refractivity contribution in [2.45, 2.75) is 53.4 Å². The number of rotatable bonds is 6. The quantitative estimate of drug-likeness (QED) is 0.767. The van der Waals surface area contributed by atoms with Gasteiger partial charge in [0.15, 0.2) is 0 Å². The van der Waals surface area contributed by atoms with E-state index in [1.165, 1.54) is 6.33 Å². The fourth-order valence-corrected chi connectivity index (χ4v) is 4.43. The van der Waals surface area contributed by atoms with Gasteiger partial charge in [0.2, 0.25) is 11.8 Å². The SMILES string of the molecule is CCNC(=O)[C@]1(Cc2ccccc2-c2cncnc2)CCCN(C(=O)CC(C)(C)C)C1. The Morgan fingerprint density at radius 2 is 1.87 bits per heavy atom. The lowest BCUT2D eigenvalue weighted by molar-refractivity contribution is -0.142. The number of carbonyl (C=O) groups is 2. The van der Waals surface area contributed by atoms with Gasteiger partial charge >= 0.3 is 0 Å². The highest BCUT2D eigenvalue weighted by molar-refractivity contribution is 5.85. The molecule has 166 valence electrons. The zero-order valence-electron chi connectivity index (χ0n) is 19.1. The van der Waals surface area contributed by atoms with Crippen molar-refractivity contribution in [3.63, 3.8) is 0 Å². The van der Waals surface area contributed by atoms with Gasteiger partial charge in [-0.05, 0) is 42.7 Å². The molecular weight excluding hydrogens is 388 g/mol. The van der Waals surface area contributed by atoms with Gasteiger partial charge in [0, 0.05) is 44.0 Å². The van der Waals surface area contributed by atoms with E-state index in [9.17, 15) is 9.59 Å². The molecule has 0 spiro atoms. The Labute approximate surface area is 185 Å². The summed E-state index contributed by atoms with van der Waals surface area (Å²) in [6.45, 7) is 9.90. The van der Waals surface area contributed by atoms with Crippen LogP contribution in [0, 0.1) is 10.8 Å². The maximum Gasteiger partial charge on any atom is 0.228 e. The van der Waals surface area contributed by atoms with Gasteiger partial charge in [0.1, 0.15) is 6.33 Å². The largest absolute Gasteiger partial charge is 0.356 e. The van der Waals surface area contributed by atoms with Gasteiger partial charge in [-0.1, -0.05) is 45.0 Å². The Balaban J connectivity index is 1.94. The molecule has 2 heterocycles. The minimum Gasteiger partial charge on any atom is -0.356 e. The number of amides is 2. The summed E-state index contributed by atoms with van der Waals surface area (Å²) in [6.07, 6.45) is 7.75. The molecule has 1 saturated heterocycles. The smallest absolute Gasteiger partial charge is 0.228 e. The van der Waals surface area contributed by atoms with Gasteiger partial charge in [-0.25, -0.2) is 9.97 Å². The normalized spacial score (nSPS) is 19.2. The van der Waals surface area contributed by atoms with Crippen LogP contribution in [0.4, 0.5) is 0 Å². The van der Waals surface area contributed by atoms with Crippen molar-refractivity contribution < 1.29 is 9.59 Å². The molecule has 1 aliphatic heterocycles. The number of nitrogens with zero attached hydrogens (tertiary/aromatic N) is 3. The van der Waals surface area contributed by atoms with Crippen LogP contribution in [0.2, 0.25) is 0 Å².